The highest BCUT2D eigenvalue weighted by atomic mass is 16.6. The van der Waals surface area contributed by atoms with Gasteiger partial charge in [0.1, 0.15) is 17.7 Å². The largest absolute Gasteiger partial charge is 0.444 e. The molecule has 0 fully saturated rings. The van der Waals surface area contributed by atoms with E-state index in [-0.39, 0.29) is 17.9 Å². The second-order valence-corrected chi connectivity index (χ2v) is 8.33. The summed E-state index contributed by atoms with van der Waals surface area (Å²) in [5.74, 6) is -0.638. The monoisotopic (exact) mass is 405 g/mol. The van der Waals surface area contributed by atoms with Crippen LogP contribution in [0.5, 0.6) is 0 Å². The molecule has 0 saturated heterocycles. The smallest absolute Gasteiger partial charge is 0.408 e. The maximum atomic E-state index is 13.0. The SMILES string of the molecule is CCCC(C)NC(=O)C(c1ccccc1)N(C)C(=O)C(C)NC(=O)OC(C)(C)C. The van der Waals surface area contributed by atoms with Crippen molar-refractivity contribution in [3.63, 3.8) is 0 Å². The van der Waals surface area contributed by atoms with Crippen LogP contribution in [0.25, 0.3) is 0 Å². The first-order chi connectivity index (χ1) is 13.5. The lowest BCUT2D eigenvalue weighted by molar-refractivity contribution is -0.140. The maximum Gasteiger partial charge on any atom is 0.408 e. The second kappa shape index (κ2) is 10.8. The van der Waals surface area contributed by atoms with Crippen molar-refractivity contribution in [3.05, 3.63) is 35.9 Å². The van der Waals surface area contributed by atoms with E-state index in [9.17, 15) is 14.4 Å². The van der Waals surface area contributed by atoms with Crippen molar-refractivity contribution in [2.24, 2.45) is 0 Å². The number of likely N-dealkylation sites (N-methyl/N-ethyl adjacent to an activating group) is 1. The Labute approximate surface area is 174 Å². The summed E-state index contributed by atoms with van der Waals surface area (Å²) in [5, 5.41) is 5.52. The van der Waals surface area contributed by atoms with E-state index < -0.39 is 23.8 Å². The highest BCUT2D eigenvalue weighted by Gasteiger charge is 2.32. The van der Waals surface area contributed by atoms with Gasteiger partial charge >= 0.3 is 6.09 Å². The summed E-state index contributed by atoms with van der Waals surface area (Å²) in [7, 11) is 1.57. The molecular formula is C22H35N3O4. The fourth-order valence-electron chi connectivity index (χ4n) is 2.99. The van der Waals surface area contributed by atoms with E-state index in [1.807, 2.05) is 37.3 Å². The Morgan fingerprint density at radius 1 is 1.07 bits per heavy atom. The Hall–Kier alpha value is -2.57. The van der Waals surface area contributed by atoms with Crippen molar-refractivity contribution >= 4 is 17.9 Å². The van der Waals surface area contributed by atoms with E-state index in [2.05, 4.69) is 17.6 Å². The summed E-state index contributed by atoms with van der Waals surface area (Å²) in [4.78, 5) is 39.3. The number of amides is 3. The van der Waals surface area contributed by atoms with Gasteiger partial charge in [0.15, 0.2) is 0 Å². The van der Waals surface area contributed by atoms with Gasteiger partial charge in [0, 0.05) is 13.1 Å². The van der Waals surface area contributed by atoms with Gasteiger partial charge in [-0.3, -0.25) is 9.59 Å². The number of hydrogen-bond donors (Lipinski definition) is 2. The number of benzene rings is 1. The summed E-state index contributed by atoms with van der Waals surface area (Å²) in [6.45, 7) is 10.8. The summed E-state index contributed by atoms with van der Waals surface area (Å²) in [6, 6.07) is 7.48. The number of ether oxygens (including phenoxy) is 1. The van der Waals surface area contributed by atoms with Crippen LogP contribution in [0.4, 0.5) is 4.79 Å². The number of carbonyl (C=O) groups is 3. The normalized spacial score (nSPS) is 14.3. The molecule has 0 radical (unpaired) electrons. The first-order valence-electron chi connectivity index (χ1n) is 10.1. The summed E-state index contributed by atoms with van der Waals surface area (Å²) >= 11 is 0. The number of carbonyl (C=O) groups excluding carboxylic acids is 3. The van der Waals surface area contributed by atoms with Crippen LogP contribution in [-0.4, -0.2) is 47.5 Å². The lowest BCUT2D eigenvalue weighted by Gasteiger charge is -2.31. The molecular weight excluding hydrogens is 370 g/mol. The highest BCUT2D eigenvalue weighted by molar-refractivity contribution is 5.91. The molecule has 162 valence electrons. The van der Waals surface area contributed by atoms with Gasteiger partial charge in [0.05, 0.1) is 0 Å². The number of nitrogens with zero attached hydrogens (tertiary/aromatic N) is 1. The van der Waals surface area contributed by atoms with Gasteiger partial charge in [-0.2, -0.15) is 0 Å². The Morgan fingerprint density at radius 2 is 1.66 bits per heavy atom. The van der Waals surface area contributed by atoms with Crippen molar-refractivity contribution in [1.82, 2.24) is 15.5 Å². The van der Waals surface area contributed by atoms with E-state index in [4.69, 9.17) is 4.74 Å². The van der Waals surface area contributed by atoms with Crippen molar-refractivity contribution in [2.45, 2.75) is 78.1 Å². The van der Waals surface area contributed by atoms with Gasteiger partial charge in [-0.05, 0) is 46.6 Å². The highest BCUT2D eigenvalue weighted by Crippen LogP contribution is 2.21. The molecule has 0 heterocycles. The Balaban J connectivity index is 2.98. The van der Waals surface area contributed by atoms with E-state index in [0.29, 0.717) is 5.56 Å². The molecule has 0 aliphatic heterocycles. The van der Waals surface area contributed by atoms with Gasteiger partial charge < -0.3 is 20.3 Å². The number of rotatable bonds is 8. The zero-order valence-corrected chi connectivity index (χ0v) is 18.6. The minimum absolute atomic E-state index is 0.000439. The number of alkyl carbamates (subject to hydrolysis) is 1. The van der Waals surface area contributed by atoms with Crippen LogP contribution in [0.15, 0.2) is 30.3 Å². The minimum atomic E-state index is -0.845. The molecule has 3 unspecified atom stereocenters. The van der Waals surface area contributed by atoms with Crippen molar-refractivity contribution in [2.75, 3.05) is 7.05 Å². The van der Waals surface area contributed by atoms with Crippen LogP contribution in [0, 0.1) is 0 Å². The van der Waals surface area contributed by atoms with Crippen molar-refractivity contribution in [1.29, 1.82) is 0 Å². The Bertz CT molecular complexity index is 685. The molecule has 0 saturated carbocycles. The van der Waals surface area contributed by atoms with Crippen LogP contribution < -0.4 is 10.6 Å². The van der Waals surface area contributed by atoms with E-state index >= 15 is 0 Å². The topological polar surface area (TPSA) is 87.7 Å². The summed E-state index contributed by atoms with van der Waals surface area (Å²) in [5.41, 5.74) is 0.0368. The fraction of sp³-hybridized carbons (Fsp3) is 0.591. The summed E-state index contributed by atoms with van der Waals surface area (Å²) < 4.78 is 5.21. The third-order valence-electron chi connectivity index (χ3n) is 4.31. The molecule has 29 heavy (non-hydrogen) atoms. The zero-order valence-electron chi connectivity index (χ0n) is 18.6. The molecule has 7 nitrogen and oxygen atoms in total. The van der Waals surface area contributed by atoms with E-state index in [1.54, 1.807) is 34.7 Å². The van der Waals surface area contributed by atoms with Gasteiger partial charge in [-0.1, -0.05) is 43.7 Å². The summed E-state index contributed by atoms with van der Waals surface area (Å²) in [6.07, 6.45) is 1.12. The molecule has 0 aliphatic carbocycles. The molecule has 0 aromatic heterocycles. The predicted octanol–water partition coefficient (Wildman–Crippen LogP) is 3.40. The van der Waals surface area contributed by atoms with Crippen LogP contribution >= 0.6 is 0 Å². The predicted molar refractivity (Wildman–Crippen MR) is 113 cm³/mol. The van der Waals surface area contributed by atoms with Crippen LogP contribution in [0.2, 0.25) is 0 Å². The fourth-order valence-corrected chi connectivity index (χ4v) is 2.99. The van der Waals surface area contributed by atoms with E-state index in [0.717, 1.165) is 12.8 Å². The van der Waals surface area contributed by atoms with Crippen molar-refractivity contribution in [3.8, 4) is 0 Å². The zero-order chi connectivity index (χ0) is 22.2. The maximum absolute atomic E-state index is 13.0. The Morgan fingerprint density at radius 3 is 2.17 bits per heavy atom. The molecule has 2 N–H and O–H groups in total. The molecule has 3 atom stereocenters. The minimum Gasteiger partial charge on any atom is -0.444 e. The third-order valence-corrected chi connectivity index (χ3v) is 4.31. The molecule has 1 aromatic carbocycles. The van der Waals surface area contributed by atoms with Gasteiger partial charge in [0.2, 0.25) is 11.8 Å². The first-order valence-corrected chi connectivity index (χ1v) is 10.1. The lowest BCUT2D eigenvalue weighted by Crippen LogP contribution is -2.51. The molecule has 0 aliphatic rings. The molecule has 0 bridgehead atoms. The van der Waals surface area contributed by atoms with Gasteiger partial charge in [0.25, 0.3) is 0 Å². The average molecular weight is 406 g/mol. The molecule has 7 heteroatoms. The number of nitrogens with one attached hydrogen (secondary N) is 2. The Kier molecular flexibility index (Phi) is 9.14. The van der Waals surface area contributed by atoms with Crippen molar-refractivity contribution < 1.29 is 19.1 Å². The standard InChI is InChI=1S/C22H35N3O4/c1-8-12-15(2)23-19(26)18(17-13-10-9-11-14-17)25(7)20(27)16(3)24-21(28)29-22(4,5)6/h9-11,13-16,18H,8,12H2,1-7H3,(H,23,26)(H,24,28). The molecule has 0 spiro atoms. The van der Waals surface area contributed by atoms with Gasteiger partial charge in [-0.25, -0.2) is 4.79 Å². The average Bonchev–Trinajstić information content (AvgIpc) is 2.60. The second-order valence-electron chi connectivity index (χ2n) is 8.33. The lowest BCUT2D eigenvalue weighted by atomic mass is 10.0. The number of hydrogen-bond acceptors (Lipinski definition) is 4. The quantitative estimate of drug-likeness (QED) is 0.694. The van der Waals surface area contributed by atoms with Crippen LogP contribution in [0.1, 0.15) is 66.0 Å². The van der Waals surface area contributed by atoms with E-state index in [1.165, 1.54) is 4.90 Å². The third kappa shape index (κ3) is 8.13. The molecule has 1 rings (SSSR count). The first kappa shape index (κ1) is 24.5. The molecule has 3 amide bonds. The van der Waals surface area contributed by atoms with Crippen LogP contribution in [-0.2, 0) is 14.3 Å². The van der Waals surface area contributed by atoms with Gasteiger partial charge in [-0.15, -0.1) is 0 Å². The van der Waals surface area contributed by atoms with Crippen LogP contribution in [0.3, 0.4) is 0 Å². The molecule has 1 aromatic rings.